The summed E-state index contributed by atoms with van der Waals surface area (Å²) in [6.07, 6.45) is 0. The normalized spacial score (nSPS) is 11.1. The molecule has 6 heteroatoms. The molecule has 0 unspecified atom stereocenters. The summed E-state index contributed by atoms with van der Waals surface area (Å²) in [5.41, 5.74) is 5.86. The molecule has 0 aliphatic carbocycles. The summed E-state index contributed by atoms with van der Waals surface area (Å²) in [6.45, 7) is 10.1. The second-order valence-electron chi connectivity index (χ2n) is 5.70. The molecule has 0 amide bonds. The molecule has 0 fully saturated rings. The van der Waals surface area contributed by atoms with Crippen molar-refractivity contribution in [3.63, 3.8) is 0 Å². The lowest BCUT2D eigenvalue weighted by atomic mass is 9.14. The van der Waals surface area contributed by atoms with E-state index in [2.05, 4.69) is 34.6 Å². The molecule has 0 nitrogen and oxygen atoms in total. The summed E-state index contributed by atoms with van der Waals surface area (Å²) < 4.78 is 0. The van der Waals surface area contributed by atoms with Gasteiger partial charge in [-0.15, -0.1) is 16.4 Å². The summed E-state index contributed by atoms with van der Waals surface area (Å²) in [5, 5.41) is 0. The molecule has 1 aromatic carbocycles. The van der Waals surface area contributed by atoms with Crippen LogP contribution in [0, 0.1) is 6.92 Å². The van der Waals surface area contributed by atoms with Crippen LogP contribution in [-0.2, 0) is 0 Å². The quantitative estimate of drug-likeness (QED) is 0.619. The fourth-order valence-corrected chi connectivity index (χ4v) is 2.96. The maximum atomic E-state index is 6.32. The lowest BCUT2D eigenvalue weighted by Gasteiger charge is -2.29. The third-order valence-corrected chi connectivity index (χ3v) is 3.62. The Morgan fingerprint density at radius 3 is 1.79 bits per heavy atom. The van der Waals surface area contributed by atoms with Gasteiger partial charge in [0.05, 0.1) is 13.7 Å². The summed E-state index contributed by atoms with van der Waals surface area (Å²) in [4.78, 5) is 0. The van der Waals surface area contributed by atoms with Gasteiger partial charge in [-0.3, -0.25) is 0 Å². The van der Waals surface area contributed by atoms with Gasteiger partial charge in [0.15, 0.2) is 0 Å². The van der Waals surface area contributed by atoms with Crippen molar-refractivity contribution < 1.29 is 0 Å². The van der Waals surface area contributed by atoms with Crippen LogP contribution < -0.4 is 16.4 Å². The first-order chi connectivity index (χ1) is 8.73. The highest BCUT2D eigenvalue weighted by atomic mass is 14.2. The van der Waals surface area contributed by atoms with E-state index in [4.69, 9.17) is 31.1 Å². The molecule has 1 rings (SSSR count). The Labute approximate surface area is 124 Å². The van der Waals surface area contributed by atoms with Crippen LogP contribution in [0.15, 0.2) is 0 Å². The van der Waals surface area contributed by atoms with Gasteiger partial charge in [-0.1, -0.05) is 33.3 Å². The molecule has 0 aromatic heterocycles. The lowest BCUT2D eigenvalue weighted by Crippen LogP contribution is -2.55. The Morgan fingerprint density at radius 1 is 1.00 bits per heavy atom. The van der Waals surface area contributed by atoms with Crippen LogP contribution in [0.5, 0.6) is 0 Å². The van der Waals surface area contributed by atoms with Gasteiger partial charge in [0.2, 0.25) is 0 Å². The van der Waals surface area contributed by atoms with E-state index in [0.717, 1.165) is 22.1 Å². The van der Waals surface area contributed by atoms with E-state index in [1.54, 1.807) is 0 Å². The molecule has 0 atom stereocenters. The minimum absolute atomic E-state index is 0.331. The predicted molar refractivity (Wildman–Crippen MR) is 92.8 cm³/mol. The standard InChI is InChI=1S/C13H17B6/c1-6(2)9-8(5)13(19(16)17)12(18-15)11(14)10(9)7(3)4/h6-7H,1-5H3. The molecule has 0 aliphatic heterocycles. The van der Waals surface area contributed by atoms with Crippen molar-refractivity contribution in [1.82, 2.24) is 0 Å². The molecule has 1 aromatic rings. The molecule has 87 valence electrons. The zero-order chi connectivity index (χ0) is 14.9. The van der Waals surface area contributed by atoms with Gasteiger partial charge >= 0.3 is 0 Å². The average molecular weight is 238 g/mol. The van der Waals surface area contributed by atoms with E-state index in [9.17, 15) is 0 Å². The van der Waals surface area contributed by atoms with Gasteiger partial charge in [-0.2, -0.15) is 0 Å². The highest BCUT2D eigenvalue weighted by Crippen LogP contribution is 2.26. The summed E-state index contributed by atoms with van der Waals surface area (Å²) in [7, 11) is 25.4. The molecule has 0 spiro atoms. The van der Waals surface area contributed by atoms with E-state index in [0.29, 0.717) is 17.3 Å². The van der Waals surface area contributed by atoms with Crippen LogP contribution >= 0.6 is 0 Å². The molecule has 0 heterocycles. The van der Waals surface area contributed by atoms with Crippen LogP contribution in [0.4, 0.5) is 0 Å². The van der Waals surface area contributed by atoms with Gasteiger partial charge in [0.1, 0.15) is 7.85 Å². The van der Waals surface area contributed by atoms with Gasteiger partial charge in [-0.05, 0) is 29.9 Å². The van der Waals surface area contributed by atoms with E-state index < -0.39 is 6.49 Å². The maximum Gasteiger partial charge on any atom is 0.113 e. The van der Waals surface area contributed by atoms with E-state index in [-0.39, 0.29) is 0 Å². The number of benzene rings is 1. The predicted octanol–water partition coefficient (Wildman–Crippen LogP) is -0.519. The van der Waals surface area contributed by atoms with E-state index >= 15 is 0 Å². The smallest absolute Gasteiger partial charge is 0.111 e. The fraction of sp³-hybridized carbons (Fsp3) is 0.538. The third kappa shape index (κ3) is 3.03. The van der Waals surface area contributed by atoms with Crippen molar-refractivity contribution in [2.24, 2.45) is 0 Å². The molecule has 0 bridgehead atoms. The molecular weight excluding hydrogens is 221 g/mol. The molecule has 0 saturated carbocycles. The SMILES string of the molecule is [B][B]c1c([B])c(C(C)C)c(C(C)C)c(C)c1B([B])[B]. The third-order valence-electron chi connectivity index (χ3n) is 3.62. The highest BCUT2D eigenvalue weighted by molar-refractivity contribution is 7.36. The van der Waals surface area contributed by atoms with Crippen molar-refractivity contribution in [2.75, 3.05) is 0 Å². The monoisotopic (exact) mass is 239 g/mol. The van der Waals surface area contributed by atoms with Crippen LogP contribution in [0.1, 0.15) is 56.2 Å². The lowest BCUT2D eigenvalue weighted by molar-refractivity contribution is 0.790. The summed E-state index contributed by atoms with van der Waals surface area (Å²) in [5.74, 6) is 0.696. The van der Waals surface area contributed by atoms with Gasteiger partial charge in [0.25, 0.3) is 0 Å². The minimum Gasteiger partial charge on any atom is -0.111 e. The molecule has 9 radical (unpaired) electrons. The zero-order valence-electron chi connectivity index (χ0n) is 12.6. The minimum atomic E-state index is -0.573. The van der Waals surface area contributed by atoms with Crippen LogP contribution in [0.25, 0.3) is 0 Å². The molecule has 0 N–H and O–H groups in total. The number of hydrogen-bond acceptors (Lipinski definition) is 0. The number of rotatable bonds is 4. The van der Waals surface area contributed by atoms with Gasteiger partial charge in [-0.25, -0.2) is 0 Å². The second kappa shape index (κ2) is 6.37. The van der Waals surface area contributed by atoms with Gasteiger partial charge in [0, 0.05) is 23.2 Å². The van der Waals surface area contributed by atoms with Gasteiger partial charge < -0.3 is 0 Å². The zero-order valence-corrected chi connectivity index (χ0v) is 12.6. The molecule has 0 saturated heterocycles. The second-order valence-corrected chi connectivity index (χ2v) is 5.70. The van der Waals surface area contributed by atoms with Crippen LogP contribution in [-0.4, -0.2) is 44.7 Å². The first kappa shape index (κ1) is 16.7. The maximum absolute atomic E-state index is 6.32. The van der Waals surface area contributed by atoms with Crippen molar-refractivity contribution in [3.05, 3.63) is 16.7 Å². The Morgan fingerprint density at radius 2 is 1.47 bits per heavy atom. The van der Waals surface area contributed by atoms with Crippen molar-refractivity contribution in [1.29, 1.82) is 0 Å². The van der Waals surface area contributed by atoms with Crippen LogP contribution in [0.3, 0.4) is 0 Å². The Bertz CT molecular complexity index is 465. The first-order valence-electron chi connectivity index (χ1n) is 6.75. The fourth-order valence-electron chi connectivity index (χ4n) is 2.96. The highest BCUT2D eigenvalue weighted by Gasteiger charge is 2.22. The summed E-state index contributed by atoms with van der Waals surface area (Å²) >= 11 is 0. The molecular formula is C13H17B6. The van der Waals surface area contributed by atoms with Crippen molar-refractivity contribution in [2.45, 2.75) is 46.5 Å². The number of hydrogen-bond donors (Lipinski definition) is 0. The van der Waals surface area contributed by atoms with E-state index in [1.807, 2.05) is 0 Å². The van der Waals surface area contributed by atoms with E-state index in [1.165, 1.54) is 12.7 Å². The molecule has 19 heavy (non-hydrogen) atoms. The first-order valence-corrected chi connectivity index (χ1v) is 6.75. The largest absolute Gasteiger partial charge is 0.113 e. The van der Waals surface area contributed by atoms with Crippen molar-refractivity contribution in [3.8, 4) is 0 Å². The Balaban J connectivity index is 3.82. The van der Waals surface area contributed by atoms with Crippen LogP contribution in [0.2, 0.25) is 0 Å². The topological polar surface area (TPSA) is 0 Å². The molecule has 0 aliphatic rings. The average Bonchev–Trinajstić information content (AvgIpc) is 2.28. The Kier molecular flexibility index (Phi) is 5.59. The van der Waals surface area contributed by atoms with Crippen molar-refractivity contribution >= 4 is 61.1 Å². The Hall–Kier alpha value is -0.390. The summed E-state index contributed by atoms with van der Waals surface area (Å²) in [6, 6.07) is 0.